The standard InChI is InChI=1S/C13H17N5O2S/c1-17-8-13(16-9-17)21(19,20)18-6-10(11(14)7-18)12-4-2-3-5-15-12/h2-5,8-11H,6-7,14H2,1H3/t10-,11-/m0/s1. The van der Waals surface area contributed by atoms with E-state index in [4.69, 9.17) is 5.73 Å². The van der Waals surface area contributed by atoms with Crippen LogP contribution in [0.15, 0.2) is 41.9 Å². The van der Waals surface area contributed by atoms with E-state index < -0.39 is 10.0 Å². The number of nitrogens with two attached hydrogens (primary N) is 1. The third-order valence-electron chi connectivity index (χ3n) is 3.68. The maximum Gasteiger partial charge on any atom is 0.262 e. The van der Waals surface area contributed by atoms with Crippen LogP contribution in [0.4, 0.5) is 0 Å². The molecule has 7 nitrogen and oxygen atoms in total. The summed E-state index contributed by atoms with van der Waals surface area (Å²) in [5, 5.41) is 0.0545. The average molecular weight is 307 g/mol. The lowest BCUT2D eigenvalue weighted by atomic mass is 10.0. The second-order valence-corrected chi connectivity index (χ2v) is 7.11. The van der Waals surface area contributed by atoms with E-state index in [0.29, 0.717) is 6.54 Å². The van der Waals surface area contributed by atoms with Gasteiger partial charge in [0.05, 0.1) is 6.33 Å². The number of aromatic nitrogens is 3. The predicted octanol–water partition coefficient (Wildman–Crippen LogP) is -0.0695. The zero-order valence-corrected chi connectivity index (χ0v) is 12.4. The van der Waals surface area contributed by atoms with E-state index >= 15 is 0 Å². The molecule has 2 N–H and O–H groups in total. The number of imidazole rings is 1. The Morgan fingerprint density at radius 2 is 2.10 bits per heavy atom. The van der Waals surface area contributed by atoms with Gasteiger partial charge in [-0.3, -0.25) is 4.98 Å². The minimum atomic E-state index is -3.60. The second kappa shape index (κ2) is 5.21. The van der Waals surface area contributed by atoms with Crippen molar-refractivity contribution < 1.29 is 8.42 Å². The van der Waals surface area contributed by atoms with Crippen molar-refractivity contribution in [3.05, 3.63) is 42.6 Å². The van der Waals surface area contributed by atoms with Crippen LogP contribution in [0.2, 0.25) is 0 Å². The molecular weight excluding hydrogens is 290 g/mol. The number of hydrogen-bond donors (Lipinski definition) is 1. The zero-order valence-electron chi connectivity index (χ0n) is 11.6. The first-order valence-corrected chi connectivity index (χ1v) is 8.07. The van der Waals surface area contributed by atoms with Crippen molar-refractivity contribution in [1.82, 2.24) is 18.8 Å². The highest BCUT2D eigenvalue weighted by atomic mass is 32.2. The summed E-state index contributed by atoms with van der Waals surface area (Å²) in [6.45, 7) is 0.608. The predicted molar refractivity (Wildman–Crippen MR) is 76.9 cm³/mol. The fraction of sp³-hybridized carbons (Fsp3) is 0.385. The molecule has 0 radical (unpaired) electrons. The summed E-state index contributed by atoms with van der Waals surface area (Å²) in [7, 11) is -1.86. The highest BCUT2D eigenvalue weighted by Gasteiger charge is 2.39. The molecule has 3 heterocycles. The molecule has 2 aromatic heterocycles. The van der Waals surface area contributed by atoms with Crippen molar-refractivity contribution in [2.45, 2.75) is 17.0 Å². The minimum Gasteiger partial charge on any atom is -0.339 e. The van der Waals surface area contributed by atoms with Crippen LogP contribution in [0.5, 0.6) is 0 Å². The van der Waals surface area contributed by atoms with E-state index in [0.717, 1.165) is 5.69 Å². The SMILES string of the molecule is Cn1cnc(S(=O)(=O)N2C[C@H](c3ccccn3)[C@@H](N)C2)c1. The van der Waals surface area contributed by atoms with E-state index in [1.165, 1.54) is 16.8 Å². The van der Waals surface area contributed by atoms with Crippen molar-refractivity contribution in [3.63, 3.8) is 0 Å². The Morgan fingerprint density at radius 1 is 1.29 bits per heavy atom. The molecule has 2 aromatic rings. The largest absolute Gasteiger partial charge is 0.339 e. The molecule has 0 saturated carbocycles. The molecule has 3 rings (SSSR count). The quantitative estimate of drug-likeness (QED) is 0.856. The molecule has 0 bridgehead atoms. The summed E-state index contributed by atoms with van der Waals surface area (Å²) >= 11 is 0. The summed E-state index contributed by atoms with van der Waals surface area (Å²) in [5.74, 6) is -0.0929. The molecule has 0 amide bonds. The zero-order chi connectivity index (χ0) is 15.0. The van der Waals surface area contributed by atoms with Crippen molar-refractivity contribution in [2.75, 3.05) is 13.1 Å². The van der Waals surface area contributed by atoms with Crippen molar-refractivity contribution in [2.24, 2.45) is 12.8 Å². The molecule has 0 spiro atoms. The molecule has 8 heteroatoms. The normalized spacial score (nSPS) is 23.5. The van der Waals surface area contributed by atoms with Crippen LogP contribution in [0, 0.1) is 0 Å². The fourth-order valence-electron chi connectivity index (χ4n) is 2.55. The van der Waals surface area contributed by atoms with E-state index in [2.05, 4.69) is 9.97 Å². The van der Waals surface area contributed by atoms with Crippen LogP contribution in [0.3, 0.4) is 0 Å². The Kier molecular flexibility index (Phi) is 3.52. The fourth-order valence-corrected chi connectivity index (χ4v) is 4.02. The summed E-state index contributed by atoms with van der Waals surface area (Å²) in [6.07, 6.45) is 4.66. The van der Waals surface area contributed by atoms with Crippen LogP contribution < -0.4 is 5.73 Å². The summed E-state index contributed by atoms with van der Waals surface area (Å²) in [4.78, 5) is 8.22. The number of pyridine rings is 1. The van der Waals surface area contributed by atoms with Gasteiger partial charge in [-0.2, -0.15) is 4.31 Å². The Balaban J connectivity index is 1.86. The third kappa shape index (κ3) is 2.57. The molecule has 1 saturated heterocycles. The first kappa shape index (κ1) is 14.2. The molecule has 1 aliphatic heterocycles. The Hall–Kier alpha value is -1.77. The Bertz CT molecular complexity index is 728. The van der Waals surface area contributed by atoms with E-state index in [-0.39, 0.29) is 23.5 Å². The van der Waals surface area contributed by atoms with E-state index in [9.17, 15) is 8.42 Å². The van der Waals surface area contributed by atoms with Crippen LogP contribution >= 0.6 is 0 Å². The van der Waals surface area contributed by atoms with E-state index in [1.54, 1.807) is 17.8 Å². The van der Waals surface area contributed by atoms with Gasteiger partial charge in [0, 0.05) is 50.2 Å². The van der Waals surface area contributed by atoms with Crippen LogP contribution in [0.25, 0.3) is 0 Å². The van der Waals surface area contributed by atoms with Crippen LogP contribution in [0.1, 0.15) is 11.6 Å². The van der Waals surface area contributed by atoms with Crippen LogP contribution in [-0.4, -0.2) is 46.4 Å². The van der Waals surface area contributed by atoms with Gasteiger partial charge in [0.15, 0.2) is 5.03 Å². The second-order valence-electron chi connectivity index (χ2n) is 5.22. The molecule has 1 fully saturated rings. The maximum atomic E-state index is 12.5. The lowest BCUT2D eigenvalue weighted by Gasteiger charge is -2.14. The molecular formula is C13H17N5O2S. The number of nitrogens with zero attached hydrogens (tertiary/aromatic N) is 4. The van der Waals surface area contributed by atoms with Gasteiger partial charge in [-0.05, 0) is 12.1 Å². The Morgan fingerprint density at radius 3 is 2.71 bits per heavy atom. The van der Waals surface area contributed by atoms with Gasteiger partial charge in [-0.25, -0.2) is 13.4 Å². The highest BCUT2D eigenvalue weighted by Crippen LogP contribution is 2.28. The minimum absolute atomic E-state index is 0.0545. The maximum absolute atomic E-state index is 12.5. The number of rotatable bonds is 3. The molecule has 112 valence electrons. The van der Waals surface area contributed by atoms with Gasteiger partial charge in [-0.1, -0.05) is 6.07 Å². The van der Waals surface area contributed by atoms with Gasteiger partial charge >= 0.3 is 0 Å². The lowest BCUT2D eigenvalue weighted by molar-refractivity contribution is 0.467. The van der Waals surface area contributed by atoms with Gasteiger partial charge in [0.1, 0.15) is 0 Å². The first-order chi connectivity index (χ1) is 9.98. The molecule has 2 atom stereocenters. The lowest BCUT2D eigenvalue weighted by Crippen LogP contribution is -2.32. The molecule has 21 heavy (non-hydrogen) atoms. The number of sulfonamides is 1. The molecule has 0 aromatic carbocycles. The van der Waals surface area contributed by atoms with Crippen LogP contribution in [-0.2, 0) is 17.1 Å². The molecule has 0 unspecified atom stereocenters. The van der Waals surface area contributed by atoms with Gasteiger partial charge in [0.25, 0.3) is 10.0 Å². The van der Waals surface area contributed by atoms with E-state index in [1.807, 2.05) is 18.2 Å². The number of hydrogen-bond acceptors (Lipinski definition) is 5. The number of aryl methyl sites for hydroxylation is 1. The highest BCUT2D eigenvalue weighted by molar-refractivity contribution is 7.89. The topological polar surface area (TPSA) is 94.1 Å². The smallest absolute Gasteiger partial charge is 0.262 e. The average Bonchev–Trinajstić information content (AvgIpc) is 3.07. The molecule has 1 aliphatic rings. The summed E-state index contributed by atoms with van der Waals surface area (Å²) in [5.41, 5.74) is 6.93. The van der Waals surface area contributed by atoms with Gasteiger partial charge in [-0.15, -0.1) is 0 Å². The van der Waals surface area contributed by atoms with Gasteiger partial charge < -0.3 is 10.3 Å². The Labute approximate surface area is 123 Å². The molecule has 0 aliphatic carbocycles. The summed E-state index contributed by atoms with van der Waals surface area (Å²) < 4.78 is 28.1. The summed E-state index contributed by atoms with van der Waals surface area (Å²) in [6, 6.07) is 5.32. The van der Waals surface area contributed by atoms with Crippen molar-refractivity contribution in [1.29, 1.82) is 0 Å². The first-order valence-electron chi connectivity index (χ1n) is 6.63. The van der Waals surface area contributed by atoms with Crippen molar-refractivity contribution >= 4 is 10.0 Å². The third-order valence-corrected chi connectivity index (χ3v) is 5.40. The van der Waals surface area contributed by atoms with Crippen molar-refractivity contribution in [3.8, 4) is 0 Å². The van der Waals surface area contributed by atoms with Gasteiger partial charge in [0.2, 0.25) is 0 Å². The monoisotopic (exact) mass is 307 g/mol.